The predicted octanol–water partition coefficient (Wildman–Crippen LogP) is 1.41. The number of nitrogens with one attached hydrogen (secondary N) is 1. The second-order valence-electron chi connectivity index (χ2n) is 5.53. The Labute approximate surface area is 130 Å². The van der Waals surface area contributed by atoms with Gasteiger partial charge in [0, 0.05) is 25.2 Å². The van der Waals surface area contributed by atoms with E-state index in [0.29, 0.717) is 13.1 Å². The van der Waals surface area contributed by atoms with E-state index >= 15 is 0 Å². The van der Waals surface area contributed by atoms with Gasteiger partial charge < -0.3 is 16.8 Å². The van der Waals surface area contributed by atoms with Gasteiger partial charge in [0.25, 0.3) is 0 Å². The molecule has 21 heavy (non-hydrogen) atoms. The summed E-state index contributed by atoms with van der Waals surface area (Å²) in [6, 6.07) is 7.98. The molecule has 0 aliphatic carbocycles. The van der Waals surface area contributed by atoms with Crippen LogP contribution in [0.2, 0.25) is 0 Å². The number of rotatable bonds is 4. The van der Waals surface area contributed by atoms with Crippen molar-refractivity contribution in [1.29, 1.82) is 0 Å². The molecule has 114 valence electrons. The van der Waals surface area contributed by atoms with Crippen LogP contribution < -0.4 is 16.8 Å². The average Bonchev–Trinajstić information content (AvgIpc) is 2.46. The third kappa shape index (κ3) is 3.19. The summed E-state index contributed by atoms with van der Waals surface area (Å²) >= 11 is 5.86. The molecule has 1 aliphatic heterocycles. The molecule has 0 fully saturated rings. The molecule has 0 saturated carbocycles. The van der Waals surface area contributed by atoms with Gasteiger partial charge in [0.05, 0.1) is 5.92 Å². The first kappa shape index (κ1) is 16.2. The van der Waals surface area contributed by atoms with Crippen LogP contribution >= 0.6 is 11.6 Å². The second kappa shape index (κ2) is 6.71. The number of halogens is 1. The van der Waals surface area contributed by atoms with Crippen LogP contribution in [-0.2, 0) is 4.79 Å². The number of carbonyl (C=O) groups excluding carboxylic acids is 1. The number of nitrogens with two attached hydrogens (primary N) is 2. The van der Waals surface area contributed by atoms with Gasteiger partial charge in [-0.1, -0.05) is 29.8 Å². The van der Waals surface area contributed by atoms with Crippen molar-refractivity contribution in [2.45, 2.75) is 25.9 Å². The fourth-order valence-electron chi connectivity index (χ4n) is 3.02. The standard InChI is InChI=1S/C16H22ClN3O/c1-9-3-5-11(6-4-9)15-12(7-18)13(8-19)20-10(2)14(15)16(17)21/h3-6,10,13-14,20H,7-8,18-19H2,1-2H3. The maximum Gasteiger partial charge on any atom is 0.230 e. The van der Waals surface area contributed by atoms with E-state index in [4.69, 9.17) is 23.1 Å². The van der Waals surface area contributed by atoms with Crippen LogP contribution in [0.3, 0.4) is 0 Å². The van der Waals surface area contributed by atoms with E-state index in [1.807, 2.05) is 38.1 Å². The minimum Gasteiger partial charge on any atom is -0.329 e. The van der Waals surface area contributed by atoms with Crippen molar-refractivity contribution >= 4 is 22.4 Å². The molecular formula is C16H22ClN3O. The number of hydrogen-bond donors (Lipinski definition) is 3. The Morgan fingerprint density at radius 3 is 2.38 bits per heavy atom. The SMILES string of the molecule is Cc1ccc(C2=C(CN)C(CN)NC(C)C2C(=O)Cl)cc1. The first-order chi connectivity index (χ1) is 9.99. The summed E-state index contributed by atoms with van der Waals surface area (Å²) in [5.41, 5.74) is 15.8. The zero-order valence-electron chi connectivity index (χ0n) is 12.4. The van der Waals surface area contributed by atoms with Crippen molar-refractivity contribution < 1.29 is 4.79 Å². The molecular weight excluding hydrogens is 286 g/mol. The largest absolute Gasteiger partial charge is 0.329 e. The molecule has 0 aromatic heterocycles. The Morgan fingerprint density at radius 2 is 1.90 bits per heavy atom. The van der Waals surface area contributed by atoms with Gasteiger partial charge in [0.1, 0.15) is 0 Å². The van der Waals surface area contributed by atoms with Gasteiger partial charge in [-0.3, -0.25) is 4.79 Å². The number of benzene rings is 1. The summed E-state index contributed by atoms with van der Waals surface area (Å²) in [4.78, 5) is 11.9. The van der Waals surface area contributed by atoms with Crippen LogP contribution in [0.4, 0.5) is 0 Å². The highest BCUT2D eigenvalue weighted by Crippen LogP contribution is 2.35. The number of carbonyl (C=O) groups is 1. The molecule has 5 N–H and O–H groups in total. The highest BCUT2D eigenvalue weighted by Gasteiger charge is 2.37. The van der Waals surface area contributed by atoms with Crippen LogP contribution in [0.5, 0.6) is 0 Å². The predicted molar refractivity (Wildman–Crippen MR) is 86.9 cm³/mol. The Morgan fingerprint density at radius 1 is 1.29 bits per heavy atom. The fourth-order valence-corrected chi connectivity index (χ4v) is 3.32. The van der Waals surface area contributed by atoms with Crippen molar-refractivity contribution in [2.75, 3.05) is 13.1 Å². The molecule has 0 spiro atoms. The van der Waals surface area contributed by atoms with E-state index < -0.39 is 5.92 Å². The van der Waals surface area contributed by atoms with Crippen molar-refractivity contribution in [3.05, 3.63) is 41.0 Å². The lowest BCUT2D eigenvalue weighted by atomic mass is 9.79. The molecule has 0 saturated heterocycles. The third-order valence-electron chi connectivity index (χ3n) is 4.10. The van der Waals surface area contributed by atoms with E-state index in [9.17, 15) is 4.79 Å². The Hall–Kier alpha value is -1.20. The number of hydrogen-bond acceptors (Lipinski definition) is 4. The fraction of sp³-hybridized carbons (Fsp3) is 0.438. The van der Waals surface area contributed by atoms with Gasteiger partial charge >= 0.3 is 0 Å². The normalized spacial score (nSPS) is 26.0. The zero-order chi connectivity index (χ0) is 15.6. The summed E-state index contributed by atoms with van der Waals surface area (Å²) in [6.07, 6.45) is 0. The second-order valence-corrected chi connectivity index (χ2v) is 5.91. The van der Waals surface area contributed by atoms with Crippen LogP contribution in [0.25, 0.3) is 5.57 Å². The highest BCUT2D eigenvalue weighted by molar-refractivity contribution is 6.65. The summed E-state index contributed by atoms with van der Waals surface area (Å²) in [6.45, 7) is 4.77. The third-order valence-corrected chi connectivity index (χ3v) is 4.34. The molecule has 3 atom stereocenters. The van der Waals surface area contributed by atoms with E-state index in [1.165, 1.54) is 5.56 Å². The molecule has 4 nitrogen and oxygen atoms in total. The smallest absolute Gasteiger partial charge is 0.230 e. The summed E-state index contributed by atoms with van der Waals surface area (Å²) in [5.74, 6) is -0.407. The maximum absolute atomic E-state index is 11.9. The van der Waals surface area contributed by atoms with Crippen LogP contribution in [0, 0.1) is 12.8 Å². The van der Waals surface area contributed by atoms with E-state index in [2.05, 4.69) is 5.32 Å². The van der Waals surface area contributed by atoms with Gasteiger partial charge in [0.15, 0.2) is 0 Å². The lowest BCUT2D eigenvalue weighted by molar-refractivity contribution is -0.114. The Bertz CT molecular complexity index is 553. The quantitative estimate of drug-likeness (QED) is 0.735. The Kier molecular flexibility index (Phi) is 5.17. The van der Waals surface area contributed by atoms with Gasteiger partial charge in [-0.05, 0) is 42.2 Å². The molecule has 0 radical (unpaired) electrons. The lowest BCUT2D eigenvalue weighted by Crippen LogP contribution is -2.53. The maximum atomic E-state index is 11.9. The summed E-state index contributed by atoms with van der Waals surface area (Å²) in [5, 5.41) is 2.97. The first-order valence-corrected chi connectivity index (χ1v) is 7.52. The molecule has 2 rings (SSSR count). The van der Waals surface area contributed by atoms with E-state index in [1.54, 1.807) is 0 Å². The lowest BCUT2D eigenvalue weighted by Gasteiger charge is -2.37. The molecule has 3 unspecified atom stereocenters. The van der Waals surface area contributed by atoms with Crippen LogP contribution in [0.1, 0.15) is 18.1 Å². The molecule has 5 heteroatoms. The van der Waals surface area contributed by atoms with E-state index in [-0.39, 0.29) is 17.3 Å². The molecule has 1 aromatic carbocycles. The molecule has 1 aliphatic rings. The van der Waals surface area contributed by atoms with Crippen molar-refractivity contribution in [1.82, 2.24) is 5.32 Å². The monoisotopic (exact) mass is 307 g/mol. The average molecular weight is 308 g/mol. The highest BCUT2D eigenvalue weighted by atomic mass is 35.5. The van der Waals surface area contributed by atoms with Gasteiger partial charge in [-0.2, -0.15) is 0 Å². The first-order valence-electron chi connectivity index (χ1n) is 7.15. The van der Waals surface area contributed by atoms with Crippen LogP contribution in [-0.4, -0.2) is 30.4 Å². The van der Waals surface area contributed by atoms with Crippen LogP contribution in [0.15, 0.2) is 29.8 Å². The van der Waals surface area contributed by atoms with Crippen molar-refractivity contribution in [3.8, 4) is 0 Å². The van der Waals surface area contributed by atoms with Gasteiger partial charge in [-0.15, -0.1) is 0 Å². The topological polar surface area (TPSA) is 81.1 Å². The molecule has 1 heterocycles. The molecule has 0 bridgehead atoms. The minimum absolute atomic E-state index is 0.0198. The Balaban J connectivity index is 2.62. The minimum atomic E-state index is -0.407. The van der Waals surface area contributed by atoms with Crippen molar-refractivity contribution in [3.63, 3.8) is 0 Å². The summed E-state index contributed by atoms with van der Waals surface area (Å²) < 4.78 is 0. The summed E-state index contributed by atoms with van der Waals surface area (Å²) in [7, 11) is 0. The van der Waals surface area contributed by atoms with Gasteiger partial charge in [-0.25, -0.2) is 0 Å². The van der Waals surface area contributed by atoms with Gasteiger partial charge in [0.2, 0.25) is 5.24 Å². The number of aryl methyl sites for hydroxylation is 1. The molecule has 1 aromatic rings. The molecule has 0 amide bonds. The zero-order valence-corrected chi connectivity index (χ0v) is 13.2. The van der Waals surface area contributed by atoms with Crippen molar-refractivity contribution in [2.24, 2.45) is 17.4 Å². The van der Waals surface area contributed by atoms with E-state index in [0.717, 1.165) is 16.7 Å².